The zero-order valence-electron chi connectivity index (χ0n) is 13.4. The fraction of sp³-hybridized carbons (Fsp3) is 0.562. The Morgan fingerprint density at radius 1 is 1.36 bits per heavy atom. The van der Waals surface area contributed by atoms with Gasteiger partial charge in [-0.2, -0.15) is 0 Å². The molecule has 0 radical (unpaired) electrons. The maximum absolute atomic E-state index is 12.8. The van der Waals surface area contributed by atoms with Crippen LogP contribution in [0.25, 0.3) is 0 Å². The van der Waals surface area contributed by atoms with Crippen LogP contribution in [0.4, 0.5) is 0 Å². The zero-order valence-corrected chi connectivity index (χ0v) is 14.2. The number of benzene rings is 1. The number of hydrogen-bond donors (Lipinski definition) is 1. The van der Waals surface area contributed by atoms with Gasteiger partial charge in [0.05, 0.1) is 4.90 Å². The van der Waals surface area contributed by atoms with Crippen LogP contribution < -0.4 is 5.73 Å². The average Bonchev–Trinajstić information content (AvgIpc) is 2.45. The molecule has 0 aliphatic carbocycles. The van der Waals surface area contributed by atoms with Crippen LogP contribution in [0.3, 0.4) is 0 Å². The van der Waals surface area contributed by atoms with Crippen LogP contribution in [0.5, 0.6) is 0 Å². The fourth-order valence-electron chi connectivity index (χ4n) is 3.05. The molecule has 1 fully saturated rings. The van der Waals surface area contributed by atoms with E-state index in [-0.39, 0.29) is 22.9 Å². The Labute approximate surface area is 132 Å². The number of nitrogens with two attached hydrogens (primary N) is 1. The highest BCUT2D eigenvalue weighted by Gasteiger charge is 2.30. The SMILES string of the molecule is Cc1ccc(C(=O)N2CCCC[C@H]2[C@H](C)N)cc1S(C)(=O)=O. The van der Waals surface area contributed by atoms with Crippen LogP contribution >= 0.6 is 0 Å². The Morgan fingerprint density at radius 3 is 2.64 bits per heavy atom. The summed E-state index contributed by atoms with van der Waals surface area (Å²) in [6.45, 7) is 4.32. The summed E-state index contributed by atoms with van der Waals surface area (Å²) < 4.78 is 23.7. The number of carbonyl (C=O) groups is 1. The highest BCUT2D eigenvalue weighted by molar-refractivity contribution is 7.90. The summed E-state index contributed by atoms with van der Waals surface area (Å²) in [5.74, 6) is -0.132. The van der Waals surface area contributed by atoms with Crippen LogP contribution in [0.2, 0.25) is 0 Å². The molecule has 0 unspecified atom stereocenters. The first kappa shape index (κ1) is 17.0. The first-order valence-corrected chi connectivity index (χ1v) is 9.48. The van der Waals surface area contributed by atoms with Gasteiger partial charge in [-0.05, 0) is 50.8 Å². The monoisotopic (exact) mass is 324 g/mol. The van der Waals surface area contributed by atoms with Gasteiger partial charge in [0.2, 0.25) is 0 Å². The van der Waals surface area contributed by atoms with Gasteiger partial charge >= 0.3 is 0 Å². The molecule has 1 amide bonds. The molecule has 1 aromatic rings. The van der Waals surface area contributed by atoms with E-state index >= 15 is 0 Å². The number of carbonyl (C=O) groups excluding carboxylic acids is 1. The van der Waals surface area contributed by atoms with E-state index < -0.39 is 9.84 Å². The molecule has 22 heavy (non-hydrogen) atoms. The summed E-state index contributed by atoms with van der Waals surface area (Å²) in [7, 11) is -3.35. The van der Waals surface area contributed by atoms with Crippen molar-refractivity contribution >= 4 is 15.7 Å². The van der Waals surface area contributed by atoms with Crippen molar-refractivity contribution in [3.05, 3.63) is 29.3 Å². The van der Waals surface area contributed by atoms with Crippen molar-refractivity contribution in [2.75, 3.05) is 12.8 Å². The third-order valence-electron chi connectivity index (χ3n) is 4.25. The van der Waals surface area contributed by atoms with Gasteiger partial charge in [-0.25, -0.2) is 8.42 Å². The minimum atomic E-state index is -3.35. The number of amides is 1. The predicted molar refractivity (Wildman–Crippen MR) is 86.6 cm³/mol. The van der Waals surface area contributed by atoms with Gasteiger partial charge in [0.15, 0.2) is 9.84 Å². The van der Waals surface area contributed by atoms with Crippen LogP contribution in [0, 0.1) is 6.92 Å². The molecular weight excluding hydrogens is 300 g/mol. The lowest BCUT2D eigenvalue weighted by Crippen LogP contribution is -2.51. The smallest absolute Gasteiger partial charge is 0.254 e. The Kier molecular flexibility index (Phi) is 4.92. The third-order valence-corrected chi connectivity index (χ3v) is 5.49. The Hall–Kier alpha value is -1.40. The fourth-order valence-corrected chi connectivity index (χ4v) is 4.05. The maximum Gasteiger partial charge on any atom is 0.254 e. The molecule has 122 valence electrons. The zero-order chi connectivity index (χ0) is 16.5. The first-order chi connectivity index (χ1) is 10.2. The number of hydrogen-bond acceptors (Lipinski definition) is 4. The second-order valence-corrected chi connectivity index (χ2v) is 8.16. The highest BCUT2D eigenvalue weighted by atomic mass is 32.2. The van der Waals surface area contributed by atoms with Gasteiger partial charge in [0.25, 0.3) is 5.91 Å². The van der Waals surface area contributed by atoms with E-state index in [1.807, 2.05) is 6.92 Å². The van der Waals surface area contributed by atoms with Gasteiger partial charge < -0.3 is 10.6 Å². The molecule has 1 heterocycles. The highest BCUT2D eigenvalue weighted by Crippen LogP contribution is 2.23. The van der Waals surface area contributed by atoms with E-state index in [1.54, 1.807) is 24.0 Å². The number of aryl methyl sites for hydroxylation is 1. The Balaban J connectivity index is 2.37. The molecule has 0 aromatic heterocycles. The molecule has 6 heteroatoms. The second-order valence-electron chi connectivity index (χ2n) is 6.17. The molecule has 2 atom stereocenters. The summed E-state index contributed by atoms with van der Waals surface area (Å²) in [4.78, 5) is 14.8. The Morgan fingerprint density at radius 2 is 2.05 bits per heavy atom. The second kappa shape index (κ2) is 6.38. The minimum Gasteiger partial charge on any atom is -0.334 e. The number of nitrogens with zero attached hydrogens (tertiary/aromatic N) is 1. The standard InChI is InChI=1S/C16H24N2O3S/c1-11-7-8-13(10-15(11)22(3,20)21)16(19)18-9-5-4-6-14(18)12(2)17/h7-8,10,12,14H,4-6,9,17H2,1-3H3/t12-,14-/m0/s1. The summed E-state index contributed by atoms with van der Waals surface area (Å²) in [5.41, 5.74) is 7.08. The lowest BCUT2D eigenvalue weighted by Gasteiger charge is -2.38. The van der Waals surface area contributed by atoms with Crippen molar-refractivity contribution in [2.24, 2.45) is 5.73 Å². The van der Waals surface area contributed by atoms with Crippen molar-refractivity contribution in [3.8, 4) is 0 Å². The van der Waals surface area contributed by atoms with E-state index in [1.165, 1.54) is 6.07 Å². The van der Waals surface area contributed by atoms with Crippen LogP contribution in [0.1, 0.15) is 42.1 Å². The molecule has 2 N–H and O–H groups in total. The van der Waals surface area contributed by atoms with E-state index in [0.717, 1.165) is 25.5 Å². The van der Waals surface area contributed by atoms with Gasteiger partial charge in [0.1, 0.15) is 0 Å². The average molecular weight is 324 g/mol. The molecule has 1 saturated heterocycles. The van der Waals surface area contributed by atoms with Crippen molar-refractivity contribution in [1.82, 2.24) is 4.90 Å². The molecule has 0 bridgehead atoms. The molecule has 1 aliphatic heterocycles. The lowest BCUT2D eigenvalue weighted by molar-refractivity contribution is 0.0583. The Bertz CT molecular complexity index is 668. The number of likely N-dealkylation sites (tertiary alicyclic amines) is 1. The molecular formula is C16H24N2O3S. The van der Waals surface area contributed by atoms with E-state index in [0.29, 0.717) is 17.7 Å². The quantitative estimate of drug-likeness (QED) is 0.918. The van der Waals surface area contributed by atoms with E-state index in [4.69, 9.17) is 5.73 Å². The van der Waals surface area contributed by atoms with E-state index in [2.05, 4.69) is 0 Å². The van der Waals surface area contributed by atoms with Crippen molar-refractivity contribution in [1.29, 1.82) is 0 Å². The predicted octanol–water partition coefficient (Wildman–Crippen LogP) is 1.74. The normalized spacial score (nSPS) is 20.7. The largest absolute Gasteiger partial charge is 0.334 e. The van der Waals surface area contributed by atoms with E-state index in [9.17, 15) is 13.2 Å². The topological polar surface area (TPSA) is 80.5 Å². The third kappa shape index (κ3) is 3.50. The molecule has 2 rings (SSSR count). The molecule has 5 nitrogen and oxygen atoms in total. The number of rotatable bonds is 3. The summed E-state index contributed by atoms with van der Waals surface area (Å²) in [6.07, 6.45) is 4.08. The maximum atomic E-state index is 12.8. The van der Waals surface area contributed by atoms with Crippen molar-refractivity contribution in [2.45, 2.75) is 50.1 Å². The lowest BCUT2D eigenvalue weighted by atomic mass is 9.96. The summed E-state index contributed by atoms with van der Waals surface area (Å²) in [6, 6.07) is 4.79. The minimum absolute atomic E-state index is 0.0178. The molecule has 0 spiro atoms. The summed E-state index contributed by atoms with van der Waals surface area (Å²) >= 11 is 0. The molecule has 0 saturated carbocycles. The summed E-state index contributed by atoms with van der Waals surface area (Å²) in [5, 5.41) is 0. The number of piperidine rings is 1. The van der Waals surface area contributed by atoms with Crippen molar-refractivity contribution in [3.63, 3.8) is 0 Å². The molecule has 1 aromatic carbocycles. The van der Waals surface area contributed by atoms with Crippen LogP contribution in [-0.2, 0) is 9.84 Å². The number of sulfone groups is 1. The molecule has 1 aliphatic rings. The van der Waals surface area contributed by atoms with Crippen molar-refractivity contribution < 1.29 is 13.2 Å². The van der Waals surface area contributed by atoms with Gasteiger partial charge in [-0.3, -0.25) is 4.79 Å². The first-order valence-electron chi connectivity index (χ1n) is 7.59. The van der Waals surface area contributed by atoms with Crippen LogP contribution in [0.15, 0.2) is 23.1 Å². The van der Waals surface area contributed by atoms with Gasteiger partial charge in [0, 0.05) is 30.4 Å². The van der Waals surface area contributed by atoms with Gasteiger partial charge in [-0.1, -0.05) is 6.07 Å². The van der Waals surface area contributed by atoms with Gasteiger partial charge in [-0.15, -0.1) is 0 Å². The van der Waals surface area contributed by atoms with Crippen LogP contribution in [-0.4, -0.2) is 44.1 Å².